The molecule has 0 heterocycles. The van der Waals surface area contributed by atoms with E-state index in [4.69, 9.17) is 0 Å². The molecule has 70 valence electrons. The zero-order chi connectivity index (χ0) is 9.40. The summed E-state index contributed by atoms with van der Waals surface area (Å²) in [7, 11) is 3.07. The second kappa shape index (κ2) is 6.79. The molecule has 0 aromatic heterocycles. The first kappa shape index (κ1) is 11.1. The number of hydrogen-bond donors (Lipinski definition) is 1. The lowest BCUT2D eigenvalue weighted by molar-refractivity contribution is -0.151. The molecule has 0 radical (unpaired) electrons. The van der Waals surface area contributed by atoms with Crippen molar-refractivity contribution >= 4 is 11.8 Å². The lowest BCUT2D eigenvalue weighted by atomic mass is 10.2. The van der Waals surface area contributed by atoms with Crippen LogP contribution in [0.4, 0.5) is 0 Å². The van der Waals surface area contributed by atoms with E-state index in [0.717, 1.165) is 19.4 Å². The fourth-order valence-electron chi connectivity index (χ4n) is 0.803. The molecule has 1 N–H and O–H groups in total. The van der Waals surface area contributed by atoms with E-state index in [1.165, 1.54) is 7.11 Å². The summed E-state index contributed by atoms with van der Waals surface area (Å²) in [5.74, 6) is -1.17. The average molecular weight is 173 g/mol. The topological polar surface area (TPSA) is 55.4 Å². The van der Waals surface area contributed by atoms with Crippen molar-refractivity contribution in [3.05, 3.63) is 0 Å². The number of carbonyl (C=O) groups excluding carboxylic acids is 2. The number of ether oxygens (including phenoxy) is 1. The Morgan fingerprint density at radius 3 is 2.50 bits per heavy atom. The van der Waals surface area contributed by atoms with Crippen LogP contribution >= 0.6 is 0 Å². The second-order valence-corrected chi connectivity index (χ2v) is 2.48. The molecule has 0 amide bonds. The van der Waals surface area contributed by atoms with Crippen LogP contribution in [0.25, 0.3) is 0 Å². The quantitative estimate of drug-likeness (QED) is 0.352. The Hall–Kier alpha value is -0.900. The van der Waals surface area contributed by atoms with Crippen LogP contribution in [0.2, 0.25) is 0 Å². The lowest BCUT2D eigenvalue weighted by Gasteiger charge is -1.98. The standard InChI is InChI=1S/C8H15NO3/c1-9-6-4-3-5-7(10)8(11)12-2/h9H,3-6H2,1-2H3. The summed E-state index contributed by atoms with van der Waals surface area (Å²) in [6.07, 6.45) is 1.92. The van der Waals surface area contributed by atoms with Gasteiger partial charge >= 0.3 is 5.97 Å². The highest BCUT2D eigenvalue weighted by Gasteiger charge is 2.11. The van der Waals surface area contributed by atoms with E-state index in [-0.39, 0.29) is 6.42 Å². The molecule has 0 aliphatic rings. The summed E-state index contributed by atoms with van der Waals surface area (Å²) in [5.41, 5.74) is 0. The van der Waals surface area contributed by atoms with E-state index < -0.39 is 11.8 Å². The van der Waals surface area contributed by atoms with Crippen LogP contribution in [0.15, 0.2) is 0 Å². The van der Waals surface area contributed by atoms with Gasteiger partial charge in [-0.25, -0.2) is 4.79 Å². The molecule has 0 saturated heterocycles. The monoisotopic (exact) mass is 173 g/mol. The molecule has 0 aromatic carbocycles. The van der Waals surface area contributed by atoms with Gasteiger partial charge in [-0.3, -0.25) is 4.79 Å². The van der Waals surface area contributed by atoms with Crippen LogP contribution in [0.5, 0.6) is 0 Å². The van der Waals surface area contributed by atoms with Crippen molar-refractivity contribution in [2.75, 3.05) is 20.7 Å². The Bertz CT molecular complexity index is 156. The van der Waals surface area contributed by atoms with Crippen LogP contribution < -0.4 is 5.32 Å². The van der Waals surface area contributed by atoms with Gasteiger partial charge in [0.25, 0.3) is 0 Å². The molecule has 0 fully saturated rings. The van der Waals surface area contributed by atoms with Gasteiger partial charge < -0.3 is 10.1 Å². The van der Waals surface area contributed by atoms with Gasteiger partial charge in [0.05, 0.1) is 7.11 Å². The highest BCUT2D eigenvalue weighted by Crippen LogP contribution is 1.96. The lowest BCUT2D eigenvalue weighted by Crippen LogP contribution is -2.16. The zero-order valence-corrected chi connectivity index (χ0v) is 7.55. The van der Waals surface area contributed by atoms with E-state index in [1.807, 2.05) is 7.05 Å². The van der Waals surface area contributed by atoms with Crippen molar-refractivity contribution < 1.29 is 14.3 Å². The van der Waals surface area contributed by atoms with Gasteiger partial charge in [0.15, 0.2) is 0 Å². The van der Waals surface area contributed by atoms with Crippen LogP contribution in [0.1, 0.15) is 19.3 Å². The molecule has 0 saturated carbocycles. The number of rotatable bonds is 6. The zero-order valence-electron chi connectivity index (χ0n) is 7.55. The van der Waals surface area contributed by atoms with E-state index in [9.17, 15) is 9.59 Å². The molecule has 0 aromatic rings. The van der Waals surface area contributed by atoms with Gasteiger partial charge in [-0.05, 0) is 26.4 Å². The molecule has 0 aliphatic carbocycles. The third-order valence-electron chi connectivity index (χ3n) is 1.49. The SMILES string of the molecule is CNCCCCC(=O)C(=O)OC. The molecule has 12 heavy (non-hydrogen) atoms. The number of esters is 1. The molecule has 4 nitrogen and oxygen atoms in total. The minimum Gasteiger partial charge on any atom is -0.463 e. The van der Waals surface area contributed by atoms with Crippen molar-refractivity contribution in [3.63, 3.8) is 0 Å². The Morgan fingerprint density at radius 1 is 1.33 bits per heavy atom. The summed E-state index contributed by atoms with van der Waals surface area (Å²) >= 11 is 0. The van der Waals surface area contributed by atoms with Crippen LogP contribution in [-0.4, -0.2) is 32.5 Å². The minimum atomic E-state index is -0.737. The van der Waals surface area contributed by atoms with Crippen molar-refractivity contribution in [3.8, 4) is 0 Å². The highest BCUT2D eigenvalue weighted by atomic mass is 16.5. The van der Waals surface area contributed by atoms with E-state index in [0.29, 0.717) is 0 Å². The predicted octanol–water partition coefficient (Wildman–Crippen LogP) is 0.118. The number of ketones is 1. The maximum atomic E-state index is 10.8. The first-order valence-electron chi connectivity index (χ1n) is 3.98. The Labute approximate surface area is 72.3 Å². The van der Waals surface area contributed by atoms with Crippen molar-refractivity contribution in [2.45, 2.75) is 19.3 Å². The molecule has 0 bridgehead atoms. The predicted molar refractivity (Wildman–Crippen MR) is 44.8 cm³/mol. The molecule has 0 aliphatic heterocycles. The number of nitrogens with one attached hydrogen (secondary N) is 1. The number of carbonyl (C=O) groups is 2. The van der Waals surface area contributed by atoms with Crippen molar-refractivity contribution in [1.82, 2.24) is 5.32 Å². The van der Waals surface area contributed by atoms with Gasteiger partial charge in [0.2, 0.25) is 5.78 Å². The largest absolute Gasteiger partial charge is 0.463 e. The summed E-state index contributed by atoms with van der Waals surface area (Å²) in [6.45, 7) is 0.869. The van der Waals surface area contributed by atoms with E-state index >= 15 is 0 Å². The van der Waals surface area contributed by atoms with Crippen LogP contribution in [0, 0.1) is 0 Å². The third-order valence-corrected chi connectivity index (χ3v) is 1.49. The maximum absolute atomic E-state index is 10.8. The molecular formula is C8H15NO3. The summed E-state index contributed by atoms with van der Waals surface area (Å²) in [6, 6.07) is 0. The van der Waals surface area contributed by atoms with Gasteiger partial charge in [-0.1, -0.05) is 0 Å². The number of Topliss-reactive ketones (excluding diaryl/α,β-unsaturated/α-hetero) is 1. The Balaban J connectivity index is 3.38. The number of hydrogen-bond acceptors (Lipinski definition) is 4. The molecule has 0 rings (SSSR count). The van der Waals surface area contributed by atoms with E-state index in [1.54, 1.807) is 0 Å². The summed E-state index contributed by atoms with van der Waals surface area (Å²) in [5, 5.41) is 2.96. The van der Waals surface area contributed by atoms with Crippen molar-refractivity contribution in [2.24, 2.45) is 0 Å². The second-order valence-electron chi connectivity index (χ2n) is 2.48. The first-order valence-corrected chi connectivity index (χ1v) is 3.98. The molecule has 0 spiro atoms. The normalized spacial score (nSPS) is 9.50. The van der Waals surface area contributed by atoms with Gasteiger partial charge in [0.1, 0.15) is 0 Å². The summed E-state index contributed by atoms with van der Waals surface area (Å²) in [4.78, 5) is 21.4. The summed E-state index contributed by atoms with van der Waals surface area (Å²) < 4.78 is 4.26. The van der Waals surface area contributed by atoms with Gasteiger partial charge in [-0.2, -0.15) is 0 Å². The van der Waals surface area contributed by atoms with Gasteiger partial charge in [-0.15, -0.1) is 0 Å². The van der Waals surface area contributed by atoms with E-state index in [2.05, 4.69) is 10.1 Å². The average Bonchev–Trinajstić information content (AvgIpc) is 2.10. The van der Waals surface area contributed by atoms with Crippen LogP contribution in [-0.2, 0) is 14.3 Å². The smallest absolute Gasteiger partial charge is 0.374 e. The first-order chi connectivity index (χ1) is 5.72. The van der Waals surface area contributed by atoms with Gasteiger partial charge in [0, 0.05) is 6.42 Å². The molecular weight excluding hydrogens is 158 g/mol. The molecule has 4 heteroatoms. The molecule has 0 atom stereocenters. The number of unbranched alkanes of at least 4 members (excludes halogenated alkanes) is 1. The fraction of sp³-hybridized carbons (Fsp3) is 0.750. The molecule has 0 unspecified atom stereocenters. The number of methoxy groups -OCH3 is 1. The fourth-order valence-corrected chi connectivity index (χ4v) is 0.803. The minimum absolute atomic E-state index is 0.286. The van der Waals surface area contributed by atoms with Crippen LogP contribution in [0.3, 0.4) is 0 Å². The Kier molecular flexibility index (Phi) is 6.28. The maximum Gasteiger partial charge on any atom is 0.374 e. The van der Waals surface area contributed by atoms with Crippen molar-refractivity contribution in [1.29, 1.82) is 0 Å². The Morgan fingerprint density at radius 2 is 2.00 bits per heavy atom. The third kappa shape index (κ3) is 4.85. The highest BCUT2D eigenvalue weighted by molar-refractivity contribution is 6.33.